The van der Waals surface area contributed by atoms with Crippen LogP contribution in [-0.2, 0) is 14.4 Å². The third-order valence-corrected chi connectivity index (χ3v) is 7.38. The van der Waals surface area contributed by atoms with Crippen LogP contribution in [0.4, 0.5) is 5.69 Å². The zero-order chi connectivity index (χ0) is 23.1. The molecule has 2 aliphatic carbocycles. The Labute approximate surface area is 199 Å². The summed E-state index contributed by atoms with van der Waals surface area (Å²) in [6.45, 7) is 0. The highest BCUT2D eigenvalue weighted by molar-refractivity contribution is 6.42. The first-order valence-corrected chi connectivity index (χ1v) is 12.4. The van der Waals surface area contributed by atoms with Gasteiger partial charge in [0, 0.05) is 24.2 Å². The number of carbonyl (C=O) groups is 3. The third kappa shape index (κ3) is 6.61. The van der Waals surface area contributed by atoms with Crippen molar-refractivity contribution in [1.82, 2.24) is 4.90 Å². The first kappa shape index (κ1) is 24.8. The molecule has 1 aromatic carbocycles. The number of benzene rings is 1. The Morgan fingerprint density at radius 3 is 2.00 bits per heavy atom. The van der Waals surface area contributed by atoms with Crippen LogP contribution in [0.5, 0.6) is 0 Å². The van der Waals surface area contributed by atoms with Crippen LogP contribution in [0.2, 0.25) is 10.0 Å². The average molecular weight is 483 g/mol. The van der Waals surface area contributed by atoms with E-state index >= 15 is 0 Å². The van der Waals surface area contributed by atoms with Crippen molar-refractivity contribution >= 4 is 46.7 Å². The summed E-state index contributed by atoms with van der Waals surface area (Å²) >= 11 is 12.0. The molecule has 32 heavy (non-hydrogen) atoms. The van der Waals surface area contributed by atoms with Crippen molar-refractivity contribution in [2.24, 2.45) is 5.92 Å². The largest absolute Gasteiger partial charge is 0.481 e. The van der Waals surface area contributed by atoms with Crippen LogP contribution in [0.25, 0.3) is 0 Å². The molecule has 1 aromatic rings. The zero-order valence-electron chi connectivity index (χ0n) is 18.3. The minimum Gasteiger partial charge on any atom is -0.481 e. The van der Waals surface area contributed by atoms with Crippen LogP contribution in [0.3, 0.4) is 0 Å². The van der Waals surface area contributed by atoms with Crippen molar-refractivity contribution in [2.45, 2.75) is 89.1 Å². The van der Waals surface area contributed by atoms with Gasteiger partial charge in [-0.25, -0.2) is 0 Å². The van der Waals surface area contributed by atoms with Crippen LogP contribution in [0.1, 0.15) is 77.0 Å². The van der Waals surface area contributed by atoms with Gasteiger partial charge in [-0.3, -0.25) is 14.4 Å². The smallest absolute Gasteiger partial charge is 0.303 e. The maximum absolute atomic E-state index is 13.8. The number of aliphatic carboxylic acids is 1. The number of amides is 2. The van der Waals surface area contributed by atoms with E-state index in [1.165, 1.54) is 18.9 Å². The van der Waals surface area contributed by atoms with E-state index in [-0.39, 0.29) is 30.8 Å². The fourth-order valence-electron chi connectivity index (χ4n) is 4.99. The lowest BCUT2D eigenvalue weighted by Crippen LogP contribution is -2.52. The van der Waals surface area contributed by atoms with Gasteiger partial charge in [0.2, 0.25) is 11.8 Å². The molecule has 0 radical (unpaired) electrons. The number of carboxylic acids is 1. The molecule has 2 N–H and O–H groups in total. The van der Waals surface area contributed by atoms with Crippen LogP contribution < -0.4 is 5.32 Å². The highest BCUT2D eigenvalue weighted by atomic mass is 35.5. The lowest BCUT2D eigenvalue weighted by molar-refractivity contribution is -0.147. The Morgan fingerprint density at radius 1 is 0.938 bits per heavy atom. The first-order chi connectivity index (χ1) is 15.4. The number of halogens is 2. The van der Waals surface area contributed by atoms with Gasteiger partial charge in [0.1, 0.15) is 5.92 Å². The molecule has 6 nitrogen and oxygen atoms in total. The molecule has 0 spiro atoms. The Kier molecular flexibility index (Phi) is 9.23. The molecule has 0 heterocycles. The SMILES string of the molecule is O=C(O)CCC(C(=O)Nc1ccc(Cl)c(Cl)c1)C(=O)N(C1CCCCC1)C1CCCCC1. The molecule has 8 heteroatoms. The van der Waals surface area contributed by atoms with Gasteiger partial charge in [0.25, 0.3) is 0 Å². The first-order valence-electron chi connectivity index (χ1n) is 11.7. The molecule has 3 rings (SSSR count). The van der Waals surface area contributed by atoms with Crippen molar-refractivity contribution in [1.29, 1.82) is 0 Å². The van der Waals surface area contributed by atoms with Crippen molar-refractivity contribution in [3.8, 4) is 0 Å². The fourth-order valence-corrected chi connectivity index (χ4v) is 5.29. The molecular formula is C24H32Cl2N2O4. The zero-order valence-corrected chi connectivity index (χ0v) is 19.8. The van der Waals surface area contributed by atoms with E-state index in [9.17, 15) is 19.5 Å². The summed E-state index contributed by atoms with van der Waals surface area (Å²) in [6, 6.07) is 4.98. The quantitative estimate of drug-likeness (QED) is 0.451. The lowest BCUT2D eigenvalue weighted by atomic mass is 9.86. The minimum absolute atomic E-state index is 0.0305. The average Bonchev–Trinajstić information content (AvgIpc) is 2.78. The van der Waals surface area contributed by atoms with E-state index < -0.39 is 17.8 Å². The number of hydrogen-bond donors (Lipinski definition) is 2. The van der Waals surface area contributed by atoms with Crippen LogP contribution in [0.15, 0.2) is 18.2 Å². The number of anilines is 1. The highest BCUT2D eigenvalue weighted by Crippen LogP contribution is 2.33. The van der Waals surface area contributed by atoms with Crippen LogP contribution in [0, 0.1) is 5.92 Å². The maximum atomic E-state index is 13.8. The Morgan fingerprint density at radius 2 is 1.50 bits per heavy atom. The minimum atomic E-state index is -1.05. The summed E-state index contributed by atoms with van der Waals surface area (Å²) < 4.78 is 0. The molecule has 0 aliphatic heterocycles. The van der Waals surface area contributed by atoms with Gasteiger partial charge in [-0.2, -0.15) is 0 Å². The maximum Gasteiger partial charge on any atom is 0.303 e. The predicted molar refractivity (Wildman–Crippen MR) is 126 cm³/mol. The monoisotopic (exact) mass is 482 g/mol. The molecule has 1 atom stereocenters. The van der Waals surface area contributed by atoms with E-state index in [4.69, 9.17) is 23.2 Å². The van der Waals surface area contributed by atoms with Gasteiger partial charge >= 0.3 is 5.97 Å². The number of carboxylic acid groups (broad SMARTS) is 1. The van der Waals surface area contributed by atoms with Crippen molar-refractivity contribution in [2.75, 3.05) is 5.32 Å². The van der Waals surface area contributed by atoms with E-state index in [0.29, 0.717) is 15.7 Å². The van der Waals surface area contributed by atoms with E-state index in [2.05, 4.69) is 5.32 Å². The molecule has 0 saturated heterocycles. The van der Waals surface area contributed by atoms with Gasteiger partial charge in [0.15, 0.2) is 0 Å². The van der Waals surface area contributed by atoms with Crippen LogP contribution in [-0.4, -0.2) is 39.9 Å². The van der Waals surface area contributed by atoms with Gasteiger partial charge in [0.05, 0.1) is 10.0 Å². The number of rotatable bonds is 8. The molecular weight excluding hydrogens is 451 g/mol. The van der Waals surface area contributed by atoms with Crippen molar-refractivity contribution in [3.63, 3.8) is 0 Å². The summed E-state index contributed by atoms with van der Waals surface area (Å²) in [5.41, 5.74) is 0.430. The molecule has 0 bridgehead atoms. The molecule has 2 saturated carbocycles. The third-order valence-electron chi connectivity index (χ3n) is 6.64. The molecule has 2 aliphatic rings. The normalized spacial score (nSPS) is 18.7. The Hall–Kier alpha value is -1.79. The Bertz CT molecular complexity index is 802. The molecule has 2 amide bonds. The van der Waals surface area contributed by atoms with Gasteiger partial charge in [-0.05, 0) is 50.3 Å². The number of hydrogen-bond acceptors (Lipinski definition) is 3. The summed E-state index contributed by atoms with van der Waals surface area (Å²) in [6.07, 6.45) is 10.2. The van der Waals surface area contributed by atoms with Gasteiger partial charge < -0.3 is 15.3 Å². The number of carbonyl (C=O) groups excluding carboxylic acids is 2. The van der Waals surface area contributed by atoms with Crippen molar-refractivity contribution in [3.05, 3.63) is 28.2 Å². The second kappa shape index (κ2) is 11.9. The number of nitrogens with one attached hydrogen (secondary N) is 1. The molecule has 1 unspecified atom stereocenters. The van der Waals surface area contributed by atoms with Crippen molar-refractivity contribution < 1.29 is 19.5 Å². The fraction of sp³-hybridized carbons (Fsp3) is 0.625. The van der Waals surface area contributed by atoms with Crippen LogP contribution >= 0.6 is 23.2 Å². The van der Waals surface area contributed by atoms with Gasteiger partial charge in [-0.15, -0.1) is 0 Å². The summed E-state index contributed by atoms with van der Waals surface area (Å²) in [5, 5.41) is 12.6. The highest BCUT2D eigenvalue weighted by Gasteiger charge is 2.38. The van der Waals surface area contributed by atoms with Gasteiger partial charge in [-0.1, -0.05) is 61.7 Å². The summed E-state index contributed by atoms with van der Waals surface area (Å²) in [7, 11) is 0. The molecule has 176 valence electrons. The van der Waals surface area contributed by atoms with E-state index in [0.717, 1.165) is 51.4 Å². The second-order valence-corrected chi connectivity index (χ2v) is 9.75. The topological polar surface area (TPSA) is 86.7 Å². The second-order valence-electron chi connectivity index (χ2n) is 8.93. The van der Waals surface area contributed by atoms with E-state index in [1.807, 2.05) is 4.90 Å². The Balaban J connectivity index is 1.84. The molecule has 2 fully saturated rings. The summed E-state index contributed by atoms with van der Waals surface area (Å²) in [4.78, 5) is 40.3. The summed E-state index contributed by atoms with van der Waals surface area (Å²) in [5.74, 6) is -2.80. The number of nitrogens with zero attached hydrogens (tertiary/aromatic N) is 1. The predicted octanol–water partition coefficient (Wildman–Crippen LogP) is 5.91. The molecule has 0 aromatic heterocycles. The lowest BCUT2D eigenvalue weighted by Gasteiger charge is -2.43. The van der Waals surface area contributed by atoms with E-state index in [1.54, 1.807) is 12.1 Å². The standard InChI is InChI=1S/C24H32Cl2N2O4/c25-20-13-11-16(15-21(20)26)27-23(31)19(12-14-22(29)30)24(32)28(17-7-3-1-4-8-17)18-9-5-2-6-10-18/h11,13,15,17-19H,1-10,12,14H2,(H,27,31)(H,29,30).